The Morgan fingerprint density at radius 3 is 2.96 bits per heavy atom. The number of amides is 1. The van der Waals surface area contributed by atoms with Crippen molar-refractivity contribution in [3.8, 4) is 0 Å². The van der Waals surface area contributed by atoms with E-state index in [-0.39, 0.29) is 5.91 Å². The molecule has 0 bridgehead atoms. The summed E-state index contributed by atoms with van der Waals surface area (Å²) in [6, 6.07) is 8.36. The average Bonchev–Trinajstić information content (AvgIpc) is 3.25. The van der Waals surface area contributed by atoms with Gasteiger partial charge in [-0.15, -0.1) is 11.3 Å². The van der Waals surface area contributed by atoms with E-state index in [2.05, 4.69) is 47.4 Å². The van der Waals surface area contributed by atoms with E-state index in [1.165, 1.54) is 27.9 Å². The summed E-state index contributed by atoms with van der Waals surface area (Å²) in [6.45, 7) is 5.52. The van der Waals surface area contributed by atoms with Crippen LogP contribution in [0.15, 0.2) is 36.5 Å². The van der Waals surface area contributed by atoms with E-state index in [0.717, 1.165) is 46.9 Å². The van der Waals surface area contributed by atoms with Gasteiger partial charge in [-0.2, -0.15) is 0 Å². The van der Waals surface area contributed by atoms with Crippen LogP contribution in [0.1, 0.15) is 45.7 Å². The molecular formula is C21H23N3OS. The summed E-state index contributed by atoms with van der Waals surface area (Å²) < 4.78 is 0. The van der Waals surface area contributed by atoms with Crippen molar-refractivity contribution in [3.63, 3.8) is 0 Å². The molecule has 3 heterocycles. The normalized spacial score (nSPS) is 14.7. The third kappa shape index (κ3) is 3.07. The predicted molar refractivity (Wildman–Crippen MR) is 108 cm³/mol. The second-order valence-electron chi connectivity index (χ2n) is 6.74. The fourth-order valence-corrected chi connectivity index (χ4v) is 4.56. The van der Waals surface area contributed by atoms with Gasteiger partial charge in [0.25, 0.3) is 5.91 Å². The Hall–Kier alpha value is -2.40. The van der Waals surface area contributed by atoms with E-state index in [0.29, 0.717) is 6.54 Å². The van der Waals surface area contributed by atoms with E-state index < -0.39 is 0 Å². The van der Waals surface area contributed by atoms with Gasteiger partial charge in [-0.25, -0.2) is 4.98 Å². The van der Waals surface area contributed by atoms with Crippen molar-refractivity contribution < 1.29 is 4.79 Å². The summed E-state index contributed by atoms with van der Waals surface area (Å²) in [5.41, 5.74) is 4.70. The highest BCUT2D eigenvalue weighted by Gasteiger charge is 2.24. The maximum absolute atomic E-state index is 13.0. The Kier molecular flexibility index (Phi) is 4.64. The standard InChI is InChI=1S/C21H23N3OS/c1-3-6-19-20(26-14(2)23-19)21(25)24-11-9-15(10-12-24)17-13-22-18-8-5-4-7-16(17)18/h4-5,7-9,13,22H,3,6,10-12H2,1-2H3. The van der Waals surface area contributed by atoms with Crippen LogP contribution in [0.3, 0.4) is 0 Å². The fourth-order valence-electron chi connectivity index (χ4n) is 3.62. The molecule has 4 rings (SSSR count). The van der Waals surface area contributed by atoms with Gasteiger partial charge in [0.1, 0.15) is 4.88 Å². The Labute approximate surface area is 157 Å². The van der Waals surface area contributed by atoms with Crippen LogP contribution < -0.4 is 0 Å². The average molecular weight is 366 g/mol. The Balaban J connectivity index is 1.55. The van der Waals surface area contributed by atoms with Gasteiger partial charge < -0.3 is 9.88 Å². The number of para-hydroxylation sites is 1. The van der Waals surface area contributed by atoms with Crippen molar-refractivity contribution in [2.75, 3.05) is 13.1 Å². The first-order valence-electron chi connectivity index (χ1n) is 9.18. The molecule has 0 radical (unpaired) electrons. The van der Waals surface area contributed by atoms with Crippen LogP contribution in [-0.4, -0.2) is 33.9 Å². The monoisotopic (exact) mass is 365 g/mol. The van der Waals surface area contributed by atoms with Crippen molar-refractivity contribution in [3.05, 3.63) is 57.7 Å². The Morgan fingerprint density at radius 1 is 1.35 bits per heavy atom. The second kappa shape index (κ2) is 7.08. The minimum absolute atomic E-state index is 0.133. The highest BCUT2D eigenvalue weighted by molar-refractivity contribution is 7.13. The first kappa shape index (κ1) is 17.0. The molecule has 134 valence electrons. The topological polar surface area (TPSA) is 49.0 Å². The lowest BCUT2D eigenvalue weighted by Crippen LogP contribution is -2.34. The molecule has 26 heavy (non-hydrogen) atoms. The molecule has 0 saturated carbocycles. The summed E-state index contributed by atoms with van der Waals surface area (Å²) in [4.78, 5) is 23.7. The minimum Gasteiger partial charge on any atom is -0.361 e. The van der Waals surface area contributed by atoms with E-state index in [9.17, 15) is 4.79 Å². The number of fused-ring (bicyclic) bond motifs is 1. The number of nitrogens with one attached hydrogen (secondary N) is 1. The number of rotatable bonds is 4. The molecule has 0 saturated heterocycles. The number of hydrogen-bond acceptors (Lipinski definition) is 3. The number of aryl methyl sites for hydroxylation is 2. The molecule has 2 aromatic heterocycles. The summed E-state index contributed by atoms with van der Waals surface area (Å²) in [5, 5.41) is 2.23. The molecule has 1 N–H and O–H groups in total. The number of thiazole rings is 1. The smallest absolute Gasteiger partial charge is 0.266 e. The van der Waals surface area contributed by atoms with Crippen LogP contribution in [0.25, 0.3) is 16.5 Å². The third-order valence-corrected chi connectivity index (χ3v) is 5.92. The zero-order valence-corrected chi connectivity index (χ0v) is 16.0. The number of H-pyrrole nitrogens is 1. The molecule has 4 nitrogen and oxygen atoms in total. The van der Waals surface area contributed by atoms with Crippen LogP contribution in [0.2, 0.25) is 0 Å². The van der Waals surface area contributed by atoms with Crippen molar-refractivity contribution in [1.29, 1.82) is 0 Å². The molecular weight excluding hydrogens is 342 g/mol. The number of carbonyl (C=O) groups excluding carboxylic acids is 1. The lowest BCUT2D eigenvalue weighted by molar-refractivity contribution is 0.0776. The van der Waals surface area contributed by atoms with Crippen LogP contribution in [-0.2, 0) is 6.42 Å². The molecule has 0 unspecified atom stereocenters. The summed E-state index contributed by atoms with van der Waals surface area (Å²) in [6.07, 6.45) is 7.04. The van der Waals surface area contributed by atoms with E-state index in [4.69, 9.17) is 0 Å². The molecule has 1 aromatic carbocycles. The largest absolute Gasteiger partial charge is 0.361 e. The lowest BCUT2D eigenvalue weighted by atomic mass is 9.99. The maximum Gasteiger partial charge on any atom is 0.266 e. The summed E-state index contributed by atoms with van der Waals surface area (Å²) >= 11 is 1.53. The number of aromatic amines is 1. The molecule has 3 aromatic rings. The number of aromatic nitrogens is 2. The molecule has 1 aliphatic rings. The Bertz CT molecular complexity index is 982. The van der Waals surface area contributed by atoms with Gasteiger partial charge in [0.2, 0.25) is 0 Å². The number of carbonyl (C=O) groups is 1. The summed E-state index contributed by atoms with van der Waals surface area (Å²) in [5.74, 6) is 0.133. The lowest BCUT2D eigenvalue weighted by Gasteiger charge is -2.26. The van der Waals surface area contributed by atoms with Crippen LogP contribution in [0.5, 0.6) is 0 Å². The second-order valence-corrected chi connectivity index (χ2v) is 7.94. The molecule has 5 heteroatoms. The van der Waals surface area contributed by atoms with E-state index in [1.54, 1.807) is 0 Å². The molecule has 1 amide bonds. The predicted octanol–water partition coefficient (Wildman–Crippen LogP) is 4.81. The molecule has 0 fully saturated rings. The zero-order chi connectivity index (χ0) is 18.1. The van der Waals surface area contributed by atoms with Gasteiger partial charge in [-0.1, -0.05) is 37.6 Å². The Morgan fingerprint density at radius 2 is 2.19 bits per heavy atom. The van der Waals surface area contributed by atoms with Crippen LogP contribution in [0, 0.1) is 6.92 Å². The fraction of sp³-hybridized carbons (Fsp3) is 0.333. The van der Waals surface area contributed by atoms with Crippen molar-refractivity contribution in [1.82, 2.24) is 14.9 Å². The van der Waals surface area contributed by atoms with Crippen LogP contribution >= 0.6 is 11.3 Å². The molecule has 0 aliphatic carbocycles. The van der Waals surface area contributed by atoms with E-state index in [1.807, 2.05) is 17.9 Å². The maximum atomic E-state index is 13.0. The molecule has 0 spiro atoms. The minimum atomic E-state index is 0.133. The van der Waals surface area contributed by atoms with Gasteiger partial charge in [0.15, 0.2) is 0 Å². The zero-order valence-electron chi connectivity index (χ0n) is 15.2. The van der Waals surface area contributed by atoms with Gasteiger partial charge in [-0.05, 0) is 31.4 Å². The van der Waals surface area contributed by atoms with Gasteiger partial charge in [0, 0.05) is 35.8 Å². The molecule has 1 aliphatic heterocycles. The number of hydrogen-bond donors (Lipinski definition) is 1. The van der Waals surface area contributed by atoms with E-state index >= 15 is 0 Å². The molecule has 0 atom stereocenters. The number of benzene rings is 1. The van der Waals surface area contributed by atoms with Gasteiger partial charge in [0.05, 0.1) is 10.7 Å². The number of nitrogens with zero attached hydrogens (tertiary/aromatic N) is 2. The van der Waals surface area contributed by atoms with Gasteiger partial charge in [-0.3, -0.25) is 4.79 Å². The van der Waals surface area contributed by atoms with Crippen molar-refractivity contribution in [2.24, 2.45) is 0 Å². The highest BCUT2D eigenvalue weighted by atomic mass is 32.1. The quantitative estimate of drug-likeness (QED) is 0.721. The van der Waals surface area contributed by atoms with Gasteiger partial charge >= 0.3 is 0 Å². The van der Waals surface area contributed by atoms with Crippen LogP contribution in [0.4, 0.5) is 0 Å². The highest BCUT2D eigenvalue weighted by Crippen LogP contribution is 2.30. The first-order chi connectivity index (χ1) is 12.7. The van der Waals surface area contributed by atoms with Crippen molar-refractivity contribution >= 4 is 33.7 Å². The SMILES string of the molecule is CCCc1nc(C)sc1C(=O)N1CC=C(c2c[nH]c3ccccc23)CC1. The summed E-state index contributed by atoms with van der Waals surface area (Å²) in [7, 11) is 0. The third-order valence-electron chi connectivity index (χ3n) is 4.92. The van der Waals surface area contributed by atoms with Crippen molar-refractivity contribution in [2.45, 2.75) is 33.1 Å². The first-order valence-corrected chi connectivity index (χ1v) is 10.00.